The van der Waals surface area contributed by atoms with Crippen molar-refractivity contribution in [1.29, 1.82) is 5.26 Å². The molecule has 6 heteroatoms. The molecule has 1 aromatic carbocycles. The number of aromatic nitrogens is 2. The lowest BCUT2D eigenvalue weighted by molar-refractivity contribution is -0.126. The van der Waals surface area contributed by atoms with E-state index in [4.69, 9.17) is 22.6 Å². The highest BCUT2D eigenvalue weighted by atomic mass is 35.5. The normalized spacial score (nSPS) is 11.5. The Kier molecular flexibility index (Phi) is 3.69. The number of carbonyl (C=O) groups is 1. The Balaban J connectivity index is 2.60. The van der Waals surface area contributed by atoms with Crippen LogP contribution in [0.2, 0.25) is 0 Å². The minimum atomic E-state index is -0.725. The Hall–Kier alpha value is -2.06. The number of halogens is 1. The third-order valence-electron chi connectivity index (χ3n) is 3.30. The zero-order valence-electron chi connectivity index (χ0n) is 11.4. The van der Waals surface area contributed by atoms with E-state index in [2.05, 4.69) is 11.1 Å². The third-order valence-corrected chi connectivity index (χ3v) is 3.54. The van der Waals surface area contributed by atoms with Crippen LogP contribution in [0.3, 0.4) is 0 Å². The largest absolute Gasteiger partial charge is 0.369 e. The van der Waals surface area contributed by atoms with Gasteiger partial charge in [-0.3, -0.25) is 4.79 Å². The van der Waals surface area contributed by atoms with E-state index in [1.807, 2.05) is 4.57 Å². The molecule has 2 rings (SSSR count). The fourth-order valence-electron chi connectivity index (χ4n) is 1.99. The zero-order valence-corrected chi connectivity index (χ0v) is 12.1. The smallest absolute Gasteiger partial charge is 0.224 e. The van der Waals surface area contributed by atoms with Gasteiger partial charge in [0.05, 0.1) is 34.0 Å². The number of nitrogens with two attached hydrogens (primary N) is 1. The molecule has 0 radical (unpaired) electrons. The molecule has 0 saturated carbocycles. The average molecular weight is 291 g/mol. The maximum Gasteiger partial charge on any atom is 0.224 e. The van der Waals surface area contributed by atoms with Crippen LogP contribution in [0.5, 0.6) is 0 Å². The van der Waals surface area contributed by atoms with Crippen LogP contribution in [0.4, 0.5) is 0 Å². The number of nitriles is 1. The second-order valence-corrected chi connectivity index (χ2v) is 5.58. The molecule has 1 aromatic heterocycles. The number of alkyl halides is 1. The Morgan fingerprint density at radius 1 is 1.55 bits per heavy atom. The van der Waals surface area contributed by atoms with Gasteiger partial charge in [0, 0.05) is 6.54 Å². The quantitative estimate of drug-likeness (QED) is 0.876. The molecule has 0 aliphatic rings. The van der Waals surface area contributed by atoms with Crippen LogP contribution in [0.1, 0.15) is 25.2 Å². The molecule has 2 aromatic rings. The highest BCUT2D eigenvalue weighted by Gasteiger charge is 2.27. The predicted molar refractivity (Wildman–Crippen MR) is 77.0 cm³/mol. The summed E-state index contributed by atoms with van der Waals surface area (Å²) < 4.78 is 1.86. The number of primary amides is 1. The molecule has 5 nitrogen and oxygen atoms in total. The second-order valence-electron chi connectivity index (χ2n) is 5.31. The molecule has 0 aliphatic heterocycles. The van der Waals surface area contributed by atoms with Crippen molar-refractivity contribution in [2.45, 2.75) is 26.3 Å². The summed E-state index contributed by atoms with van der Waals surface area (Å²) in [4.78, 5) is 15.9. The number of rotatable bonds is 4. The first kappa shape index (κ1) is 14.4. The number of fused-ring (bicyclic) bond motifs is 1. The molecule has 0 atom stereocenters. The number of nitrogens with zero attached hydrogens (tertiary/aromatic N) is 3. The Labute approximate surface area is 122 Å². The summed E-state index contributed by atoms with van der Waals surface area (Å²) in [5.41, 5.74) is 6.77. The highest BCUT2D eigenvalue weighted by Crippen LogP contribution is 2.25. The van der Waals surface area contributed by atoms with Crippen LogP contribution in [0.15, 0.2) is 18.2 Å². The number of carbonyl (C=O) groups excluding carboxylic acids is 1. The number of hydrogen-bond donors (Lipinski definition) is 1. The fourth-order valence-corrected chi connectivity index (χ4v) is 2.20. The van der Waals surface area contributed by atoms with E-state index in [0.717, 1.165) is 11.0 Å². The first-order chi connectivity index (χ1) is 9.39. The summed E-state index contributed by atoms with van der Waals surface area (Å²) in [6.45, 7) is 3.91. The Bertz CT molecular complexity index is 712. The number of imidazole rings is 1. The van der Waals surface area contributed by atoms with Crippen molar-refractivity contribution in [2.24, 2.45) is 11.1 Å². The highest BCUT2D eigenvalue weighted by molar-refractivity contribution is 6.16. The number of benzene rings is 1. The van der Waals surface area contributed by atoms with Gasteiger partial charge in [-0.25, -0.2) is 4.98 Å². The van der Waals surface area contributed by atoms with Gasteiger partial charge < -0.3 is 10.3 Å². The summed E-state index contributed by atoms with van der Waals surface area (Å²) in [6, 6.07) is 7.32. The zero-order chi connectivity index (χ0) is 14.9. The maximum atomic E-state index is 11.5. The molecule has 20 heavy (non-hydrogen) atoms. The molecule has 1 amide bonds. The minimum Gasteiger partial charge on any atom is -0.369 e. The Morgan fingerprint density at radius 3 is 2.80 bits per heavy atom. The third kappa shape index (κ3) is 2.47. The van der Waals surface area contributed by atoms with Crippen LogP contribution in [0.25, 0.3) is 11.0 Å². The van der Waals surface area contributed by atoms with Crippen molar-refractivity contribution in [3.63, 3.8) is 0 Å². The van der Waals surface area contributed by atoms with Gasteiger partial charge in [-0.05, 0) is 32.0 Å². The van der Waals surface area contributed by atoms with E-state index in [1.165, 1.54) is 0 Å². The number of hydrogen-bond acceptors (Lipinski definition) is 3. The van der Waals surface area contributed by atoms with Gasteiger partial charge in [-0.15, -0.1) is 11.6 Å². The standard InChI is InChI=1S/C14H15ClN4O/c1-14(2,13(17)20)8-19-11-5-9(7-16)3-4-10(11)18-12(19)6-15/h3-5H,6,8H2,1-2H3,(H2,17,20). The molecule has 0 spiro atoms. The average Bonchev–Trinajstić information content (AvgIpc) is 2.75. The van der Waals surface area contributed by atoms with E-state index >= 15 is 0 Å². The molecular weight excluding hydrogens is 276 g/mol. The first-order valence-corrected chi connectivity index (χ1v) is 6.67. The number of amides is 1. The SMILES string of the molecule is CC(C)(Cn1c(CCl)nc2ccc(C#N)cc21)C(N)=O. The molecule has 1 heterocycles. The van der Waals surface area contributed by atoms with Gasteiger partial charge in [-0.2, -0.15) is 5.26 Å². The molecule has 0 fully saturated rings. The van der Waals surface area contributed by atoms with Gasteiger partial charge in [0.15, 0.2) is 0 Å². The van der Waals surface area contributed by atoms with E-state index in [9.17, 15) is 4.79 Å². The maximum absolute atomic E-state index is 11.5. The molecule has 104 valence electrons. The summed E-state index contributed by atoms with van der Waals surface area (Å²) in [6.07, 6.45) is 0. The van der Waals surface area contributed by atoms with Crippen LogP contribution in [-0.2, 0) is 17.2 Å². The van der Waals surface area contributed by atoms with Crippen molar-refractivity contribution in [1.82, 2.24) is 9.55 Å². The summed E-state index contributed by atoms with van der Waals surface area (Å²) in [5.74, 6) is 0.494. The van der Waals surface area contributed by atoms with Crippen LogP contribution >= 0.6 is 11.6 Å². The summed E-state index contributed by atoms with van der Waals surface area (Å²) in [7, 11) is 0. The van der Waals surface area contributed by atoms with Gasteiger partial charge in [0.1, 0.15) is 5.82 Å². The van der Waals surface area contributed by atoms with Gasteiger partial charge in [0.25, 0.3) is 0 Å². The van der Waals surface area contributed by atoms with Gasteiger partial charge in [-0.1, -0.05) is 0 Å². The molecular formula is C14H15ClN4O. The second kappa shape index (κ2) is 5.14. The first-order valence-electron chi connectivity index (χ1n) is 6.14. The van der Waals surface area contributed by atoms with E-state index in [-0.39, 0.29) is 5.88 Å². The van der Waals surface area contributed by atoms with Crippen molar-refractivity contribution in [2.75, 3.05) is 0 Å². The molecule has 0 aliphatic carbocycles. The topological polar surface area (TPSA) is 84.7 Å². The molecule has 2 N–H and O–H groups in total. The lowest BCUT2D eigenvalue weighted by atomic mass is 9.92. The molecule has 0 saturated heterocycles. The van der Waals surface area contributed by atoms with E-state index in [0.29, 0.717) is 17.9 Å². The van der Waals surface area contributed by atoms with Crippen molar-refractivity contribution >= 4 is 28.5 Å². The van der Waals surface area contributed by atoms with Crippen LogP contribution in [-0.4, -0.2) is 15.5 Å². The van der Waals surface area contributed by atoms with Crippen molar-refractivity contribution in [3.05, 3.63) is 29.6 Å². The lowest BCUT2D eigenvalue weighted by Crippen LogP contribution is -2.35. The monoisotopic (exact) mass is 290 g/mol. The summed E-state index contributed by atoms with van der Waals surface area (Å²) in [5, 5.41) is 8.99. The van der Waals surface area contributed by atoms with Gasteiger partial charge >= 0.3 is 0 Å². The minimum absolute atomic E-state index is 0.228. The Morgan fingerprint density at radius 2 is 2.25 bits per heavy atom. The summed E-state index contributed by atoms with van der Waals surface area (Å²) >= 11 is 5.92. The van der Waals surface area contributed by atoms with Crippen LogP contribution < -0.4 is 5.73 Å². The van der Waals surface area contributed by atoms with Crippen molar-refractivity contribution < 1.29 is 4.79 Å². The van der Waals surface area contributed by atoms with Crippen molar-refractivity contribution in [3.8, 4) is 6.07 Å². The van der Waals surface area contributed by atoms with E-state index in [1.54, 1.807) is 32.0 Å². The molecule has 0 unspecified atom stereocenters. The predicted octanol–water partition coefficient (Wildman–Crippen LogP) is 2.16. The fraction of sp³-hybridized carbons (Fsp3) is 0.357. The van der Waals surface area contributed by atoms with Gasteiger partial charge in [0.2, 0.25) is 5.91 Å². The lowest BCUT2D eigenvalue weighted by Gasteiger charge is -2.22. The van der Waals surface area contributed by atoms with Crippen LogP contribution in [0, 0.1) is 16.7 Å². The van der Waals surface area contributed by atoms with E-state index < -0.39 is 11.3 Å². The molecule has 0 bridgehead atoms.